The van der Waals surface area contributed by atoms with E-state index < -0.39 is 0 Å². The number of thiophene rings is 1. The molecule has 0 radical (unpaired) electrons. The van der Waals surface area contributed by atoms with Gasteiger partial charge >= 0.3 is 0 Å². The maximum atomic E-state index is 6.28. The topological polar surface area (TPSA) is 9.23 Å². The Hall–Kier alpha value is -4.40. The third-order valence-corrected chi connectivity index (χ3v) is 8.53. The van der Waals surface area contributed by atoms with Crippen molar-refractivity contribution in [3.8, 4) is 44.9 Å². The normalized spacial score (nSPS) is 12.1. The van der Waals surface area contributed by atoms with Crippen LogP contribution in [0.5, 0.6) is 11.5 Å². The Morgan fingerprint density at radius 3 is 1.97 bits per heavy atom. The molecule has 0 N–H and O–H groups in total. The number of fused-ring (bicyclic) bond motifs is 5. The summed E-state index contributed by atoms with van der Waals surface area (Å²) in [4.78, 5) is 0. The molecule has 0 spiro atoms. The quantitative estimate of drug-likeness (QED) is 0.241. The van der Waals surface area contributed by atoms with Gasteiger partial charge in [0.2, 0.25) is 0 Å². The molecule has 0 atom stereocenters. The Balaban J connectivity index is 1.27. The molecular weight excluding hydrogens is 456 g/mol. The van der Waals surface area contributed by atoms with E-state index >= 15 is 0 Å². The van der Waals surface area contributed by atoms with Crippen molar-refractivity contribution in [2.45, 2.75) is 0 Å². The lowest BCUT2D eigenvalue weighted by molar-refractivity contribution is 0.487. The van der Waals surface area contributed by atoms with E-state index in [0.29, 0.717) is 0 Å². The highest BCUT2D eigenvalue weighted by Crippen LogP contribution is 2.48. The fourth-order valence-corrected chi connectivity index (χ4v) is 6.87. The SMILES string of the molecule is c1ccc2c(c1)Oc1ccc(-c3ccc(-c4cccc5c4sc4ccccc45)cc3)c3cccc-2c13. The van der Waals surface area contributed by atoms with Crippen molar-refractivity contribution in [2.24, 2.45) is 0 Å². The first kappa shape index (κ1) is 19.9. The molecule has 6 aromatic carbocycles. The molecule has 168 valence electrons. The lowest BCUT2D eigenvalue weighted by Gasteiger charge is -2.22. The molecule has 36 heavy (non-hydrogen) atoms. The van der Waals surface area contributed by atoms with Crippen LogP contribution in [0.2, 0.25) is 0 Å². The molecule has 0 amide bonds. The van der Waals surface area contributed by atoms with Gasteiger partial charge in [-0.25, -0.2) is 0 Å². The van der Waals surface area contributed by atoms with Gasteiger partial charge in [0.1, 0.15) is 11.5 Å². The summed E-state index contributed by atoms with van der Waals surface area (Å²) in [5, 5.41) is 5.08. The molecule has 2 heteroatoms. The van der Waals surface area contributed by atoms with Gasteiger partial charge in [0.25, 0.3) is 0 Å². The molecule has 1 aromatic heterocycles. The highest BCUT2D eigenvalue weighted by Gasteiger charge is 2.21. The van der Waals surface area contributed by atoms with Crippen LogP contribution >= 0.6 is 11.3 Å². The molecule has 0 saturated heterocycles. The Morgan fingerprint density at radius 1 is 0.417 bits per heavy atom. The summed E-state index contributed by atoms with van der Waals surface area (Å²) in [6.07, 6.45) is 0. The van der Waals surface area contributed by atoms with Gasteiger partial charge in [0.05, 0.1) is 0 Å². The summed E-state index contributed by atoms with van der Waals surface area (Å²) in [5.74, 6) is 1.85. The Bertz CT molecular complexity index is 1960. The maximum absolute atomic E-state index is 6.28. The molecule has 0 bridgehead atoms. The second-order valence-corrected chi connectivity index (χ2v) is 10.3. The van der Waals surface area contributed by atoms with Crippen LogP contribution in [-0.4, -0.2) is 0 Å². The molecule has 0 saturated carbocycles. The largest absolute Gasteiger partial charge is 0.456 e. The highest BCUT2D eigenvalue weighted by molar-refractivity contribution is 7.26. The van der Waals surface area contributed by atoms with E-state index in [2.05, 4.69) is 109 Å². The summed E-state index contributed by atoms with van der Waals surface area (Å²) in [6.45, 7) is 0. The molecular formula is C34H20OS. The predicted octanol–water partition coefficient (Wildman–Crippen LogP) is 10.3. The minimum atomic E-state index is 0.921. The van der Waals surface area contributed by atoms with E-state index in [1.165, 1.54) is 58.8 Å². The molecule has 0 aliphatic carbocycles. The summed E-state index contributed by atoms with van der Waals surface area (Å²) < 4.78 is 8.97. The zero-order chi connectivity index (χ0) is 23.6. The van der Waals surface area contributed by atoms with Gasteiger partial charge in [-0.2, -0.15) is 0 Å². The molecule has 1 aliphatic heterocycles. The smallest absolute Gasteiger partial charge is 0.135 e. The Morgan fingerprint density at radius 2 is 1.08 bits per heavy atom. The van der Waals surface area contributed by atoms with Crippen molar-refractivity contribution >= 4 is 42.3 Å². The molecule has 7 aromatic rings. The monoisotopic (exact) mass is 476 g/mol. The van der Waals surface area contributed by atoms with Crippen LogP contribution < -0.4 is 4.74 Å². The molecule has 8 rings (SSSR count). The van der Waals surface area contributed by atoms with Gasteiger partial charge in [0.15, 0.2) is 0 Å². The average molecular weight is 477 g/mol. The number of para-hydroxylation sites is 1. The minimum Gasteiger partial charge on any atom is -0.456 e. The summed E-state index contributed by atoms with van der Waals surface area (Å²) >= 11 is 1.88. The third kappa shape index (κ3) is 2.82. The predicted molar refractivity (Wildman–Crippen MR) is 153 cm³/mol. The van der Waals surface area contributed by atoms with Gasteiger partial charge in [-0.3, -0.25) is 0 Å². The molecule has 1 nitrogen and oxygen atoms in total. The fourth-order valence-electron chi connectivity index (χ4n) is 5.64. The van der Waals surface area contributed by atoms with Gasteiger partial charge in [-0.05, 0) is 51.4 Å². The van der Waals surface area contributed by atoms with Gasteiger partial charge < -0.3 is 4.74 Å². The van der Waals surface area contributed by atoms with Crippen molar-refractivity contribution in [2.75, 3.05) is 0 Å². The minimum absolute atomic E-state index is 0.921. The highest BCUT2D eigenvalue weighted by atomic mass is 32.1. The van der Waals surface area contributed by atoms with Gasteiger partial charge in [-0.15, -0.1) is 11.3 Å². The van der Waals surface area contributed by atoms with Crippen LogP contribution in [0, 0.1) is 0 Å². The van der Waals surface area contributed by atoms with Crippen molar-refractivity contribution in [1.29, 1.82) is 0 Å². The maximum Gasteiger partial charge on any atom is 0.135 e. The Labute approximate surface area is 212 Å². The molecule has 1 aliphatic rings. The standard InChI is InChI=1S/C34H20OS/c1-3-13-30-25(7-1)28-11-6-10-27-23(19-20-31(35-30)33(27)28)21-15-17-22(18-16-21)24-9-5-12-29-26-8-2-4-14-32(26)36-34(24)29/h1-20H. The molecule has 0 unspecified atom stereocenters. The zero-order valence-corrected chi connectivity index (χ0v) is 20.2. The van der Waals surface area contributed by atoms with Gasteiger partial charge in [0, 0.05) is 31.1 Å². The van der Waals surface area contributed by atoms with E-state index in [4.69, 9.17) is 4.74 Å². The molecule has 0 fully saturated rings. The number of hydrogen-bond acceptors (Lipinski definition) is 2. The first-order valence-electron chi connectivity index (χ1n) is 12.2. The first-order valence-corrected chi connectivity index (χ1v) is 13.0. The number of rotatable bonds is 2. The van der Waals surface area contributed by atoms with Crippen molar-refractivity contribution < 1.29 is 4.74 Å². The second kappa shape index (κ2) is 7.55. The van der Waals surface area contributed by atoms with Crippen LogP contribution in [0.3, 0.4) is 0 Å². The first-order chi connectivity index (χ1) is 17.8. The van der Waals surface area contributed by atoms with E-state index in [1.807, 2.05) is 23.5 Å². The van der Waals surface area contributed by atoms with Gasteiger partial charge in [-0.1, -0.05) is 103 Å². The summed E-state index contributed by atoms with van der Waals surface area (Å²) in [7, 11) is 0. The van der Waals surface area contributed by atoms with Crippen LogP contribution in [0.4, 0.5) is 0 Å². The lowest BCUT2D eigenvalue weighted by atomic mass is 9.90. The second-order valence-electron chi connectivity index (χ2n) is 9.30. The average Bonchev–Trinajstić information content (AvgIpc) is 3.33. The lowest BCUT2D eigenvalue weighted by Crippen LogP contribution is -1.97. The van der Waals surface area contributed by atoms with Crippen LogP contribution in [-0.2, 0) is 0 Å². The number of hydrogen-bond donors (Lipinski definition) is 0. The number of ether oxygens (including phenoxy) is 1. The zero-order valence-electron chi connectivity index (χ0n) is 19.4. The molecule has 2 heterocycles. The van der Waals surface area contributed by atoms with E-state index in [9.17, 15) is 0 Å². The van der Waals surface area contributed by atoms with Crippen molar-refractivity contribution in [3.05, 3.63) is 121 Å². The van der Waals surface area contributed by atoms with E-state index in [-0.39, 0.29) is 0 Å². The van der Waals surface area contributed by atoms with Crippen molar-refractivity contribution in [3.63, 3.8) is 0 Å². The summed E-state index contributed by atoms with van der Waals surface area (Å²) in [5.41, 5.74) is 7.37. The van der Waals surface area contributed by atoms with E-state index in [0.717, 1.165) is 17.1 Å². The van der Waals surface area contributed by atoms with Crippen LogP contribution in [0.25, 0.3) is 64.3 Å². The third-order valence-electron chi connectivity index (χ3n) is 7.31. The van der Waals surface area contributed by atoms with Crippen LogP contribution in [0.15, 0.2) is 121 Å². The summed E-state index contributed by atoms with van der Waals surface area (Å²) in [6, 6.07) is 43.5. The van der Waals surface area contributed by atoms with Crippen LogP contribution in [0.1, 0.15) is 0 Å². The number of benzene rings is 6. The van der Waals surface area contributed by atoms with Crippen molar-refractivity contribution in [1.82, 2.24) is 0 Å². The fraction of sp³-hybridized carbons (Fsp3) is 0. The Kier molecular flexibility index (Phi) is 4.16. The van der Waals surface area contributed by atoms with E-state index in [1.54, 1.807) is 0 Å².